The van der Waals surface area contributed by atoms with Crippen molar-refractivity contribution in [3.63, 3.8) is 0 Å². The molecule has 420 valence electrons. The lowest BCUT2D eigenvalue weighted by Gasteiger charge is -2.29. The third-order valence-electron chi connectivity index (χ3n) is 15.0. The number of halogens is 4. The maximum absolute atomic E-state index is 9.44. The summed E-state index contributed by atoms with van der Waals surface area (Å²) < 4.78 is 0. The Balaban J connectivity index is 0.000000255. The van der Waals surface area contributed by atoms with Gasteiger partial charge in [0.1, 0.15) is 104 Å². The fourth-order valence-electron chi connectivity index (χ4n) is 12.0. The second-order valence-electron chi connectivity index (χ2n) is 20.3. The molecule has 10 aromatic carbocycles. The highest BCUT2D eigenvalue weighted by atomic mass is 127. The molecular formula is C72H72I4O2P4. The predicted octanol–water partition coefficient (Wildman–Crippen LogP) is 0.563. The quantitative estimate of drug-likeness (QED) is 0.165. The molecule has 0 N–H and O–H groups in total. The average molecular weight is 1600 g/mol. The molecule has 0 saturated heterocycles. The Bertz CT molecular complexity index is 2870. The second kappa shape index (κ2) is 33.2. The largest absolute Gasteiger partial charge is 1.00 e. The van der Waals surface area contributed by atoms with Gasteiger partial charge < -0.3 is 105 Å². The smallest absolute Gasteiger partial charge is 0.147 e. The molecule has 2 aliphatic heterocycles. The number of benzene rings is 10. The van der Waals surface area contributed by atoms with E-state index in [1.807, 2.05) is 0 Å². The molecule has 0 unspecified atom stereocenters. The minimum Gasteiger partial charge on any atom is -1.00 e. The Morgan fingerprint density at radius 1 is 0.220 bits per heavy atom. The zero-order valence-electron chi connectivity index (χ0n) is 47.1. The van der Waals surface area contributed by atoms with Crippen LogP contribution in [-0.4, -0.2) is 36.2 Å². The molecule has 0 radical (unpaired) electrons. The normalized spacial score (nSPS) is 14.4. The van der Waals surface area contributed by atoms with Gasteiger partial charge in [-0.15, -0.1) is 0 Å². The van der Waals surface area contributed by atoms with Crippen LogP contribution in [0.5, 0.6) is 0 Å². The van der Waals surface area contributed by atoms with Crippen LogP contribution in [0.4, 0.5) is 0 Å². The van der Waals surface area contributed by atoms with Crippen molar-refractivity contribution in [3.8, 4) is 0 Å². The first-order valence-corrected chi connectivity index (χ1v) is 35.2. The molecular weight excluding hydrogens is 1530 g/mol. The summed E-state index contributed by atoms with van der Waals surface area (Å²) in [7, 11) is -7.29. The summed E-state index contributed by atoms with van der Waals surface area (Å²) in [6.45, 7) is 6.11. The molecule has 2 heterocycles. The lowest BCUT2D eigenvalue weighted by atomic mass is 10.3. The fraction of sp³-hybridized carbons (Fsp3) is 0.139. The predicted molar refractivity (Wildman–Crippen MR) is 349 cm³/mol. The minimum absolute atomic E-state index is 0. The number of carbonyl (C=O) groups is 2. The van der Waals surface area contributed by atoms with E-state index < -0.39 is 29.0 Å². The van der Waals surface area contributed by atoms with Gasteiger partial charge in [0, 0.05) is 12.8 Å². The number of ketones is 2. The van der Waals surface area contributed by atoms with Crippen LogP contribution in [0.3, 0.4) is 0 Å². The second-order valence-corrected chi connectivity index (χ2v) is 34.6. The van der Waals surface area contributed by atoms with Gasteiger partial charge in [0.15, 0.2) is 0 Å². The first-order valence-electron chi connectivity index (χ1n) is 27.3. The van der Waals surface area contributed by atoms with Crippen LogP contribution in [0.1, 0.15) is 40.5 Å². The Labute approximate surface area is 560 Å². The van der Waals surface area contributed by atoms with E-state index in [2.05, 4.69) is 291 Å². The van der Waals surface area contributed by atoms with Gasteiger partial charge in [-0.2, -0.15) is 0 Å². The van der Waals surface area contributed by atoms with Crippen molar-refractivity contribution in [2.75, 3.05) is 24.6 Å². The van der Waals surface area contributed by atoms with Crippen molar-refractivity contribution in [1.82, 2.24) is 0 Å². The third-order valence-corrected chi connectivity index (χ3v) is 33.5. The van der Waals surface area contributed by atoms with Gasteiger partial charge in [0.05, 0.1) is 24.6 Å². The van der Waals surface area contributed by atoms with Crippen LogP contribution in [0.2, 0.25) is 0 Å². The molecule has 0 fully saturated rings. The van der Waals surface area contributed by atoms with E-state index in [1.165, 1.54) is 108 Å². The molecule has 0 bridgehead atoms. The third kappa shape index (κ3) is 14.9. The highest BCUT2D eigenvalue weighted by molar-refractivity contribution is 8.02. The Morgan fingerprint density at radius 3 is 0.451 bits per heavy atom. The average Bonchev–Trinajstić information content (AvgIpc) is 2.40. The van der Waals surface area contributed by atoms with Crippen LogP contribution in [0.25, 0.3) is 0 Å². The molecule has 0 spiro atoms. The van der Waals surface area contributed by atoms with Crippen molar-refractivity contribution in [2.45, 2.75) is 40.5 Å². The lowest BCUT2D eigenvalue weighted by molar-refractivity contribution is -0.115. The number of hydrogen-bond donors (Lipinski definition) is 0. The first-order chi connectivity index (χ1) is 38.2. The summed E-state index contributed by atoms with van der Waals surface area (Å²) in [5.41, 5.74) is 0. The molecule has 0 saturated carbocycles. The van der Waals surface area contributed by atoms with Crippen LogP contribution >= 0.6 is 29.0 Å². The van der Waals surface area contributed by atoms with Gasteiger partial charge >= 0.3 is 0 Å². The van der Waals surface area contributed by atoms with E-state index in [4.69, 9.17) is 0 Å². The van der Waals surface area contributed by atoms with Crippen LogP contribution < -0.4 is 160 Å². The lowest BCUT2D eigenvalue weighted by Crippen LogP contribution is -3.00. The molecule has 82 heavy (non-hydrogen) atoms. The summed E-state index contributed by atoms with van der Waals surface area (Å²) in [4.78, 5) is 18.9. The van der Waals surface area contributed by atoms with Crippen LogP contribution in [0.15, 0.2) is 291 Å². The Kier molecular flexibility index (Phi) is 27.9. The molecule has 0 atom stereocenters. The van der Waals surface area contributed by atoms with E-state index in [0.29, 0.717) is 0 Å². The van der Waals surface area contributed by atoms with Crippen LogP contribution in [-0.2, 0) is 9.59 Å². The summed E-state index contributed by atoms with van der Waals surface area (Å²) in [6, 6.07) is 110. The standard InChI is InChI=1S/2C33H30P2.2C3H6O.4HI/c2*1-5-16-28(17-6-1)34(29-18-7-2-8-19-29)26-15-27-35(30-20-9-3-10-21-30,31-22-11-4-12-23-31)33-25-14-13-24-32(33)34;2*1-3(2)4;;;;/h2*1-14,16-25H,15,26-27H2;2*1-2H3;4*1H/q2*+2;;;;;;/p-4. The molecule has 0 amide bonds. The summed E-state index contributed by atoms with van der Waals surface area (Å²) in [6.07, 6.45) is 7.26. The summed E-state index contributed by atoms with van der Waals surface area (Å²) in [5.74, 6) is 0.333. The zero-order chi connectivity index (χ0) is 54.3. The first kappa shape index (κ1) is 69.0. The molecule has 10 heteroatoms. The number of fused-ring (bicyclic) bond motifs is 2. The van der Waals surface area contributed by atoms with Gasteiger partial charge in [-0.1, -0.05) is 170 Å². The number of rotatable bonds is 8. The van der Waals surface area contributed by atoms with Crippen molar-refractivity contribution < 1.29 is 105 Å². The zero-order valence-corrected chi connectivity index (χ0v) is 59.3. The highest BCUT2D eigenvalue weighted by Crippen LogP contribution is 2.66. The fourth-order valence-corrected chi connectivity index (χ4v) is 32.2. The van der Waals surface area contributed by atoms with Crippen molar-refractivity contribution >= 4 is 104 Å². The van der Waals surface area contributed by atoms with Gasteiger partial charge in [0.2, 0.25) is 0 Å². The summed E-state index contributed by atoms with van der Waals surface area (Å²) in [5, 5.41) is 18.3. The number of Topliss-reactive ketones (excluding diaryl/α,β-unsaturated/α-hetero) is 2. The molecule has 10 aromatic rings. The van der Waals surface area contributed by atoms with Crippen molar-refractivity contribution in [3.05, 3.63) is 291 Å². The monoisotopic (exact) mass is 1600 g/mol. The van der Waals surface area contributed by atoms with Crippen molar-refractivity contribution in [1.29, 1.82) is 0 Å². The van der Waals surface area contributed by atoms with E-state index in [1.54, 1.807) is 21.2 Å². The maximum atomic E-state index is 9.44. The van der Waals surface area contributed by atoms with Crippen molar-refractivity contribution in [2.24, 2.45) is 0 Å². The molecule has 0 aliphatic carbocycles. The van der Waals surface area contributed by atoms with Crippen LogP contribution in [0, 0.1) is 0 Å². The number of hydrogen-bond acceptors (Lipinski definition) is 2. The topological polar surface area (TPSA) is 34.1 Å². The maximum Gasteiger partial charge on any atom is 0.147 e. The van der Waals surface area contributed by atoms with E-state index in [9.17, 15) is 9.59 Å². The Morgan fingerprint density at radius 2 is 0.329 bits per heavy atom. The van der Waals surface area contributed by atoms with Gasteiger partial charge in [-0.25, -0.2) is 0 Å². The minimum atomic E-state index is -1.82. The SMILES string of the molecule is CC(C)=O.CC(C)=O.[I-].[I-].[I-].[I-].c1ccc([P+]2(c3ccccc3)CCC[P+](c3ccccc3)(c3ccccc3)c3ccccc32)cc1.c1ccc([P+]2(c3ccccc3)CCC[P+](c3ccccc3)(c3ccccc3)c3ccccc32)cc1. The highest BCUT2D eigenvalue weighted by Gasteiger charge is 2.59. The molecule has 12 rings (SSSR count). The summed E-state index contributed by atoms with van der Waals surface area (Å²) >= 11 is 0. The van der Waals surface area contributed by atoms with E-state index in [0.717, 1.165) is 0 Å². The van der Waals surface area contributed by atoms with Gasteiger partial charge in [-0.3, -0.25) is 0 Å². The number of carbonyl (C=O) groups excluding carboxylic acids is 2. The molecule has 2 nitrogen and oxygen atoms in total. The van der Waals surface area contributed by atoms with E-state index in [-0.39, 0.29) is 107 Å². The molecule has 2 aliphatic rings. The van der Waals surface area contributed by atoms with E-state index >= 15 is 0 Å². The van der Waals surface area contributed by atoms with Gasteiger partial charge in [-0.05, 0) is 149 Å². The Hall–Kier alpha value is -3.82. The van der Waals surface area contributed by atoms with Gasteiger partial charge in [0.25, 0.3) is 0 Å². The molecule has 0 aromatic heterocycles.